The molecule has 0 spiro atoms. The third-order valence-corrected chi connectivity index (χ3v) is 10.0. The molecule has 1 N–H and O–H groups in total. The summed E-state index contributed by atoms with van der Waals surface area (Å²) in [5.74, 6) is 4.13. The van der Waals surface area contributed by atoms with Crippen LogP contribution in [-0.2, 0) is 4.79 Å². The summed E-state index contributed by atoms with van der Waals surface area (Å²) < 4.78 is 0. The highest BCUT2D eigenvalue weighted by molar-refractivity contribution is 5.85. The summed E-state index contributed by atoms with van der Waals surface area (Å²) in [6.07, 6.45) is 13.6. The van der Waals surface area contributed by atoms with Gasteiger partial charge in [-0.05, 0) is 85.4 Å². The fourth-order valence-electron chi connectivity index (χ4n) is 8.45. The summed E-state index contributed by atoms with van der Waals surface area (Å²) in [6, 6.07) is 0. The number of ketones is 1. The summed E-state index contributed by atoms with van der Waals surface area (Å²) in [7, 11) is 0. The van der Waals surface area contributed by atoms with Gasteiger partial charge in [-0.15, -0.1) is 0 Å². The van der Waals surface area contributed by atoms with E-state index >= 15 is 0 Å². The zero-order valence-electron chi connectivity index (χ0n) is 19.5. The first kappa shape index (κ1) is 21.6. The van der Waals surface area contributed by atoms with E-state index in [0.29, 0.717) is 23.5 Å². The smallest absolute Gasteiger partial charge is 0.137 e. The van der Waals surface area contributed by atoms with Crippen LogP contribution in [0.3, 0.4) is 0 Å². The summed E-state index contributed by atoms with van der Waals surface area (Å²) in [5.41, 5.74) is 2.02. The third kappa shape index (κ3) is 3.56. The van der Waals surface area contributed by atoms with Crippen molar-refractivity contribution in [1.29, 1.82) is 0 Å². The van der Waals surface area contributed by atoms with Crippen molar-refractivity contribution in [3.63, 3.8) is 0 Å². The van der Waals surface area contributed by atoms with Gasteiger partial charge in [0.2, 0.25) is 0 Å². The normalized spacial score (nSPS) is 45.4. The Balaban J connectivity index is 1.54. The van der Waals surface area contributed by atoms with Crippen LogP contribution in [-0.4, -0.2) is 17.0 Å². The number of carbonyl (C=O) groups excluding carboxylic acids is 1. The van der Waals surface area contributed by atoms with Crippen molar-refractivity contribution in [2.75, 3.05) is 0 Å². The molecule has 0 bridgehead atoms. The Labute approximate surface area is 178 Å². The Hall–Kier alpha value is -0.630. The maximum Gasteiger partial charge on any atom is 0.137 e. The molecule has 2 nitrogen and oxygen atoms in total. The van der Waals surface area contributed by atoms with Crippen molar-refractivity contribution in [2.24, 2.45) is 46.3 Å². The predicted molar refractivity (Wildman–Crippen MR) is 119 cm³/mol. The predicted octanol–water partition coefficient (Wildman–Crippen LogP) is 6.57. The lowest BCUT2D eigenvalue weighted by atomic mass is 9.47. The average molecular weight is 401 g/mol. The third-order valence-electron chi connectivity index (χ3n) is 10.0. The molecule has 4 rings (SSSR count). The molecular formula is C27H44O2. The van der Waals surface area contributed by atoms with Crippen molar-refractivity contribution in [3.05, 3.63) is 11.6 Å². The highest BCUT2D eigenvalue weighted by atomic mass is 16.3. The number of allylic oxidation sites excluding steroid dienone is 1. The molecule has 0 aromatic heterocycles. The van der Waals surface area contributed by atoms with Crippen LogP contribution < -0.4 is 0 Å². The lowest BCUT2D eigenvalue weighted by molar-refractivity contribution is -0.124. The second-order valence-corrected chi connectivity index (χ2v) is 12.2. The van der Waals surface area contributed by atoms with Gasteiger partial charge in [0.25, 0.3) is 0 Å². The van der Waals surface area contributed by atoms with Gasteiger partial charge in [-0.25, -0.2) is 0 Å². The van der Waals surface area contributed by atoms with Crippen LogP contribution in [0.2, 0.25) is 0 Å². The van der Waals surface area contributed by atoms with Gasteiger partial charge in [-0.3, -0.25) is 4.79 Å². The van der Waals surface area contributed by atoms with E-state index in [2.05, 4.69) is 40.7 Å². The molecule has 3 fully saturated rings. The van der Waals surface area contributed by atoms with E-state index < -0.39 is 0 Å². The Bertz CT molecular complexity index is 663. The first-order valence-corrected chi connectivity index (χ1v) is 12.6. The maximum atomic E-state index is 13.3. The molecule has 1 unspecified atom stereocenters. The van der Waals surface area contributed by atoms with Gasteiger partial charge in [0.15, 0.2) is 0 Å². The lowest BCUT2D eigenvalue weighted by Crippen LogP contribution is -2.51. The topological polar surface area (TPSA) is 37.3 Å². The summed E-state index contributed by atoms with van der Waals surface area (Å²) in [6.45, 7) is 11.9. The van der Waals surface area contributed by atoms with Crippen LogP contribution in [0.4, 0.5) is 0 Å². The molecule has 0 aliphatic heterocycles. The molecule has 8 atom stereocenters. The molecule has 0 amide bonds. The van der Waals surface area contributed by atoms with Crippen molar-refractivity contribution in [1.82, 2.24) is 0 Å². The standard InChI is InChI=1S/C27H44O2/c1-17(2)7-6-8-18(3)25-24(29)16-23-21-10-9-19-15-20(28)11-13-26(19,4)22(21)12-14-27(23,25)5/h9,17-18,20-23,25,28H,6-8,10-16H2,1-5H3/t18?,20-,21-,22+,23+,25+,26+,27+/m1/s1. The number of carbonyl (C=O) groups is 1. The van der Waals surface area contributed by atoms with Gasteiger partial charge in [0.05, 0.1) is 6.10 Å². The second kappa shape index (κ2) is 7.81. The average Bonchev–Trinajstić information content (AvgIpc) is 2.92. The summed E-state index contributed by atoms with van der Waals surface area (Å²) in [5, 5.41) is 10.2. The monoisotopic (exact) mass is 400 g/mol. The molecule has 0 heterocycles. The van der Waals surface area contributed by atoms with E-state index in [1.165, 1.54) is 37.7 Å². The molecule has 2 heteroatoms. The second-order valence-electron chi connectivity index (χ2n) is 12.2. The van der Waals surface area contributed by atoms with Gasteiger partial charge in [-0.1, -0.05) is 59.1 Å². The molecule has 0 saturated heterocycles. The Morgan fingerprint density at radius 1 is 1.07 bits per heavy atom. The zero-order chi connectivity index (χ0) is 21.0. The highest BCUT2D eigenvalue weighted by Crippen LogP contribution is 2.66. The molecule has 164 valence electrons. The molecule has 29 heavy (non-hydrogen) atoms. The molecule has 0 radical (unpaired) electrons. The van der Waals surface area contributed by atoms with Crippen molar-refractivity contribution in [3.8, 4) is 0 Å². The van der Waals surface area contributed by atoms with E-state index in [9.17, 15) is 9.90 Å². The van der Waals surface area contributed by atoms with E-state index in [0.717, 1.165) is 43.9 Å². The van der Waals surface area contributed by atoms with Crippen LogP contribution in [0, 0.1) is 46.3 Å². The quantitative estimate of drug-likeness (QED) is 0.530. The van der Waals surface area contributed by atoms with E-state index in [4.69, 9.17) is 0 Å². The Kier molecular flexibility index (Phi) is 5.82. The van der Waals surface area contributed by atoms with Crippen LogP contribution in [0.1, 0.15) is 98.8 Å². The van der Waals surface area contributed by atoms with E-state index in [1.807, 2.05) is 0 Å². The molecule has 0 aromatic carbocycles. The highest BCUT2D eigenvalue weighted by Gasteiger charge is 2.61. The van der Waals surface area contributed by atoms with Gasteiger partial charge >= 0.3 is 0 Å². The fraction of sp³-hybridized carbons (Fsp3) is 0.889. The lowest BCUT2D eigenvalue weighted by Gasteiger charge is -2.58. The SMILES string of the molecule is CC(C)CCCC(C)[C@H]1C(=O)C[C@H]2[C@@H]3CC=C4C[C@H](O)CC[C@]4(C)[C@H]3CC[C@]12C. The Morgan fingerprint density at radius 3 is 2.55 bits per heavy atom. The number of Topliss-reactive ketones (excluding diaryl/α,β-unsaturated/α-hetero) is 1. The first-order chi connectivity index (χ1) is 13.7. The largest absolute Gasteiger partial charge is 0.393 e. The number of aliphatic hydroxyl groups excluding tert-OH is 1. The minimum absolute atomic E-state index is 0.135. The number of hydrogen-bond acceptors (Lipinski definition) is 2. The van der Waals surface area contributed by atoms with Crippen LogP contribution >= 0.6 is 0 Å². The molecule has 0 aromatic rings. The first-order valence-electron chi connectivity index (χ1n) is 12.6. The van der Waals surface area contributed by atoms with Crippen LogP contribution in [0.5, 0.6) is 0 Å². The van der Waals surface area contributed by atoms with E-state index in [-0.39, 0.29) is 22.9 Å². The minimum atomic E-state index is -0.135. The fourth-order valence-corrected chi connectivity index (χ4v) is 8.45. The van der Waals surface area contributed by atoms with Crippen molar-refractivity contribution < 1.29 is 9.90 Å². The van der Waals surface area contributed by atoms with Crippen LogP contribution in [0.15, 0.2) is 11.6 Å². The van der Waals surface area contributed by atoms with E-state index in [1.54, 1.807) is 0 Å². The summed E-state index contributed by atoms with van der Waals surface area (Å²) in [4.78, 5) is 13.3. The zero-order valence-corrected chi connectivity index (χ0v) is 19.5. The van der Waals surface area contributed by atoms with Gasteiger partial charge in [0, 0.05) is 12.3 Å². The number of aliphatic hydroxyl groups is 1. The van der Waals surface area contributed by atoms with Gasteiger partial charge in [-0.2, -0.15) is 0 Å². The molecule has 4 aliphatic carbocycles. The van der Waals surface area contributed by atoms with Gasteiger partial charge < -0.3 is 5.11 Å². The van der Waals surface area contributed by atoms with Crippen molar-refractivity contribution in [2.45, 2.75) is 105 Å². The molecular weight excluding hydrogens is 356 g/mol. The number of rotatable bonds is 5. The molecule has 4 aliphatic rings. The van der Waals surface area contributed by atoms with Crippen LogP contribution in [0.25, 0.3) is 0 Å². The maximum absolute atomic E-state index is 13.3. The minimum Gasteiger partial charge on any atom is -0.393 e. The van der Waals surface area contributed by atoms with Gasteiger partial charge in [0.1, 0.15) is 5.78 Å². The molecule has 3 saturated carbocycles. The number of fused-ring (bicyclic) bond motifs is 5. The number of hydrogen-bond donors (Lipinski definition) is 1. The summed E-state index contributed by atoms with van der Waals surface area (Å²) >= 11 is 0. The van der Waals surface area contributed by atoms with Crippen molar-refractivity contribution >= 4 is 5.78 Å². The Morgan fingerprint density at radius 2 is 1.83 bits per heavy atom.